The van der Waals surface area contributed by atoms with E-state index in [0.29, 0.717) is 5.57 Å². The maximum Gasteiger partial charge on any atom is 0.312 e. The molecule has 0 spiro atoms. The number of esters is 5. The van der Waals surface area contributed by atoms with Crippen LogP contribution in [0, 0.1) is 23.2 Å². The molecule has 40 heavy (non-hydrogen) atoms. The summed E-state index contributed by atoms with van der Waals surface area (Å²) in [5.74, 6) is -6.02. The van der Waals surface area contributed by atoms with E-state index in [1.54, 1.807) is 13.8 Å². The number of carbonyl (C=O) groups is 5. The third-order valence-corrected chi connectivity index (χ3v) is 8.77. The molecular weight excluding hydrogens is 528 g/mol. The highest BCUT2D eigenvalue weighted by Crippen LogP contribution is 2.56. The summed E-state index contributed by atoms with van der Waals surface area (Å²) in [7, 11) is 0. The monoisotopic (exact) mass is 568 g/mol. The van der Waals surface area contributed by atoms with Crippen molar-refractivity contribution in [2.75, 3.05) is 6.61 Å². The molecule has 0 aromatic carbocycles. The third kappa shape index (κ3) is 5.88. The van der Waals surface area contributed by atoms with E-state index in [1.807, 2.05) is 0 Å². The fourth-order valence-electron chi connectivity index (χ4n) is 6.75. The SMILES string of the molecule is CC(=O)OC/C1=C/[C@@H]2OC(=O)[C@H](C)[C@@]2(O)[C@H](O)[C@H]2[C@@H](C)[C@H](OC(C)=O)C[C@H](OC(C)=O)[C@]2(C)[C@@H](OC(C)=O)CC1. The smallest absolute Gasteiger partial charge is 0.312 e. The van der Waals surface area contributed by atoms with Gasteiger partial charge in [-0.1, -0.05) is 13.8 Å². The molecule has 0 aromatic rings. The standard InChI is InChI=1S/C28H40O12/c1-13-20(37-16(4)30)11-22(39-18(6)32)27(7)21(38-17(5)31)9-8-19(12-36-15(3)29)10-23-28(35,25(33)24(13)27)14(2)26(34)40-23/h10,13-14,20-25,33,35H,8-9,11-12H2,1-7H3/b19-10+/t13-,14-,20+,21-,22-,23-,24+,25+,27-,28-/m0/s1. The lowest BCUT2D eigenvalue weighted by Crippen LogP contribution is -2.68. The summed E-state index contributed by atoms with van der Waals surface area (Å²) in [6.45, 7) is 9.57. The molecular formula is C28H40O12. The number of hydrogen-bond donors (Lipinski definition) is 2. The van der Waals surface area contributed by atoms with Crippen LogP contribution in [0.4, 0.5) is 0 Å². The van der Waals surface area contributed by atoms with Crippen molar-refractivity contribution >= 4 is 29.8 Å². The molecule has 12 heteroatoms. The summed E-state index contributed by atoms with van der Waals surface area (Å²) in [5.41, 5.74) is -3.05. The predicted octanol–water partition coefficient (Wildman–Crippen LogP) is 1.38. The molecule has 0 bridgehead atoms. The second-order valence-electron chi connectivity index (χ2n) is 11.4. The van der Waals surface area contributed by atoms with Gasteiger partial charge < -0.3 is 33.9 Å². The molecule has 1 heterocycles. The molecule has 0 amide bonds. The molecule has 10 atom stereocenters. The first-order valence-corrected chi connectivity index (χ1v) is 13.5. The van der Waals surface area contributed by atoms with E-state index < -0.39 is 89.1 Å². The second kappa shape index (κ2) is 11.9. The molecule has 0 radical (unpaired) electrons. The highest BCUT2D eigenvalue weighted by atomic mass is 16.6. The Balaban J connectivity index is 2.29. The lowest BCUT2D eigenvalue weighted by Gasteiger charge is -2.57. The van der Waals surface area contributed by atoms with Gasteiger partial charge in [-0.15, -0.1) is 0 Å². The van der Waals surface area contributed by atoms with Gasteiger partial charge in [-0.2, -0.15) is 0 Å². The molecule has 2 aliphatic carbocycles. The number of carbonyl (C=O) groups excluding carboxylic acids is 5. The van der Waals surface area contributed by atoms with Crippen molar-refractivity contribution in [1.82, 2.24) is 0 Å². The summed E-state index contributed by atoms with van der Waals surface area (Å²) in [5, 5.41) is 24.3. The zero-order valence-corrected chi connectivity index (χ0v) is 24.0. The fourth-order valence-corrected chi connectivity index (χ4v) is 6.75. The van der Waals surface area contributed by atoms with Gasteiger partial charge in [0.2, 0.25) is 0 Å². The Morgan fingerprint density at radius 2 is 1.55 bits per heavy atom. The van der Waals surface area contributed by atoms with Crippen LogP contribution in [0.5, 0.6) is 0 Å². The van der Waals surface area contributed by atoms with Crippen LogP contribution in [0.2, 0.25) is 0 Å². The largest absolute Gasteiger partial charge is 0.462 e. The summed E-state index contributed by atoms with van der Waals surface area (Å²) < 4.78 is 27.9. The van der Waals surface area contributed by atoms with Crippen molar-refractivity contribution in [2.24, 2.45) is 23.2 Å². The molecule has 1 saturated heterocycles. The Bertz CT molecular complexity index is 1070. The maximum absolute atomic E-state index is 12.8. The normalized spacial score (nSPS) is 40.7. The van der Waals surface area contributed by atoms with Gasteiger partial charge in [0.05, 0.1) is 12.0 Å². The Kier molecular flexibility index (Phi) is 9.35. The van der Waals surface area contributed by atoms with E-state index in [9.17, 15) is 34.2 Å². The Morgan fingerprint density at radius 1 is 0.975 bits per heavy atom. The summed E-state index contributed by atoms with van der Waals surface area (Å²) >= 11 is 0. The molecule has 1 saturated carbocycles. The van der Waals surface area contributed by atoms with E-state index in [4.69, 9.17) is 23.7 Å². The van der Waals surface area contributed by atoms with Gasteiger partial charge >= 0.3 is 29.8 Å². The minimum absolute atomic E-state index is 0.0425. The number of hydrogen-bond acceptors (Lipinski definition) is 12. The lowest BCUT2D eigenvalue weighted by molar-refractivity contribution is -0.246. The Morgan fingerprint density at radius 3 is 2.10 bits per heavy atom. The van der Waals surface area contributed by atoms with Gasteiger partial charge in [-0.3, -0.25) is 24.0 Å². The first-order valence-electron chi connectivity index (χ1n) is 13.5. The van der Waals surface area contributed by atoms with Gasteiger partial charge in [-0.05, 0) is 37.3 Å². The zero-order valence-electron chi connectivity index (χ0n) is 24.0. The van der Waals surface area contributed by atoms with Crippen LogP contribution >= 0.6 is 0 Å². The van der Waals surface area contributed by atoms with Crippen LogP contribution in [-0.4, -0.2) is 82.8 Å². The maximum atomic E-state index is 12.8. The predicted molar refractivity (Wildman–Crippen MR) is 136 cm³/mol. The summed E-state index contributed by atoms with van der Waals surface area (Å²) in [6, 6.07) is 0. The molecule has 12 nitrogen and oxygen atoms in total. The average Bonchev–Trinajstić information content (AvgIpc) is 3.05. The van der Waals surface area contributed by atoms with Crippen LogP contribution in [0.15, 0.2) is 11.6 Å². The van der Waals surface area contributed by atoms with Crippen LogP contribution in [0.25, 0.3) is 0 Å². The summed E-state index contributed by atoms with van der Waals surface area (Å²) in [6.07, 6.45) is -3.99. The van der Waals surface area contributed by atoms with Crippen molar-refractivity contribution in [2.45, 2.75) is 104 Å². The van der Waals surface area contributed by atoms with E-state index in [1.165, 1.54) is 40.7 Å². The van der Waals surface area contributed by atoms with Crippen LogP contribution in [0.3, 0.4) is 0 Å². The molecule has 2 N–H and O–H groups in total. The molecule has 3 aliphatic rings. The quantitative estimate of drug-likeness (QED) is 0.278. The molecule has 224 valence electrons. The van der Waals surface area contributed by atoms with Gasteiger partial charge in [0.1, 0.15) is 30.5 Å². The van der Waals surface area contributed by atoms with Crippen molar-refractivity contribution in [3.8, 4) is 0 Å². The zero-order chi connectivity index (χ0) is 30.2. The van der Waals surface area contributed by atoms with Crippen LogP contribution in [0.1, 0.15) is 67.7 Å². The second-order valence-corrected chi connectivity index (χ2v) is 11.4. The van der Waals surface area contributed by atoms with Crippen LogP contribution in [-0.2, 0) is 47.7 Å². The topological polar surface area (TPSA) is 172 Å². The van der Waals surface area contributed by atoms with E-state index in [-0.39, 0.29) is 25.9 Å². The Hall–Kier alpha value is -2.99. The van der Waals surface area contributed by atoms with E-state index >= 15 is 0 Å². The first kappa shape index (κ1) is 31.5. The molecule has 0 aromatic heterocycles. The minimum atomic E-state index is -2.18. The molecule has 0 unspecified atom stereocenters. The number of aliphatic hydroxyl groups is 2. The van der Waals surface area contributed by atoms with Crippen molar-refractivity contribution < 1.29 is 57.9 Å². The van der Waals surface area contributed by atoms with Crippen LogP contribution < -0.4 is 0 Å². The third-order valence-electron chi connectivity index (χ3n) is 8.77. The lowest BCUT2D eigenvalue weighted by atomic mass is 9.52. The number of ether oxygens (including phenoxy) is 5. The average molecular weight is 569 g/mol. The molecule has 2 fully saturated rings. The summed E-state index contributed by atoms with van der Waals surface area (Å²) in [4.78, 5) is 61.0. The highest BCUT2D eigenvalue weighted by Gasteiger charge is 2.67. The van der Waals surface area contributed by atoms with Crippen molar-refractivity contribution in [1.29, 1.82) is 0 Å². The fraction of sp³-hybridized carbons (Fsp3) is 0.750. The number of rotatable bonds is 5. The van der Waals surface area contributed by atoms with Crippen molar-refractivity contribution in [3.05, 3.63) is 11.6 Å². The van der Waals surface area contributed by atoms with Gasteiger partial charge in [0.25, 0.3) is 0 Å². The number of fused-ring (bicyclic) bond motifs is 2. The van der Waals surface area contributed by atoms with E-state index in [2.05, 4.69) is 0 Å². The molecule has 3 rings (SSSR count). The highest BCUT2D eigenvalue weighted by molar-refractivity contribution is 5.77. The first-order chi connectivity index (χ1) is 18.5. The minimum Gasteiger partial charge on any atom is -0.462 e. The Labute approximate surface area is 233 Å². The van der Waals surface area contributed by atoms with E-state index in [0.717, 1.165) is 0 Å². The number of aliphatic hydroxyl groups excluding tert-OH is 1. The van der Waals surface area contributed by atoms with Gasteiger partial charge in [0.15, 0.2) is 6.10 Å². The van der Waals surface area contributed by atoms with Gasteiger partial charge in [-0.25, -0.2) is 0 Å². The van der Waals surface area contributed by atoms with Gasteiger partial charge in [0, 0.05) is 45.4 Å². The molecule has 1 aliphatic heterocycles. The van der Waals surface area contributed by atoms with Crippen molar-refractivity contribution in [3.63, 3.8) is 0 Å².